The molecule has 0 atom stereocenters. The summed E-state index contributed by atoms with van der Waals surface area (Å²) in [6, 6.07) is 3.77. The van der Waals surface area contributed by atoms with Gasteiger partial charge in [0.1, 0.15) is 0 Å². The summed E-state index contributed by atoms with van der Waals surface area (Å²) in [4.78, 5) is 0.936. The largest absolute Gasteiger partial charge is 0.313 e. The Morgan fingerprint density at radius 2 is 2.14 bits per heavy atom. The van der Waals surface area contributed by atoms with Crippen molar-refractivity contribution in [2.75, 3.05) is 6.54 Å². The minimum absolute atomic E-state index is 0.0663. The van der Waals surface area contributed by atoms with Crippen molar-refractivity contribution in [3.8, 4) is 0 Å². The van der Waals surface area contributed by atoms with Crippen molar-refractivity contribution in [2.45, 2.75) is 32.0 Å². The summed E-state index contributed by atoms with van der Waals surface area (Å²) < 4.78 is 28.3. The normalized spacial score (nSPS) is 12.0. The maximum absolute atomic E-state index is 12.4. The van der Waals surface area contributed by atoms with Crippen LogP contribution in [0.25, 0.3) is 0 Å². The SMILES string of the molecule is CCNCc1c(S(=O)(=O)NCc2ccc(Br)s2)n[nH]c1C. The number of halogens is 1. The highest BCUT2D eigenvalue weighted by molar-refractivity contribution is 9.11. The molecule has 0 aliphatic rings. The number of aromatic amines is 1. The van der Waals surface area contributed by atoms with Crippen LogP contribution < -0.4 is 10.0 Å². The van der Waals surface area contributed by atoms with Crippen LogP contribution in [0.4, 0.5) is 0 Å². The zero-order valence-corrected chi connectivity index (χ0v) is 15.0. The minimum Gasteiger partial charge on any atom is -0.313 e. The number of H-pyrrole nitrogens is 1. The highest BCUT2D eigenvalue weighted by atomic mass is 79.9. The Balaban J connectivity index is 2.15. The molecule has 0 aromatic carbocycles. The van der Waals surface area contributed by atoms with E-state index in [9.17, 15) is 8.42 Å². The van der Waals surface area contributed by atoms with Gasteiger partial charge in [-0.3, -0.25) is 5.10 Å². The Morgan fingerprint density at radius 3 is 2.76 bits per heavy atom. The van der Waals surface area contributed by atoms with E-state index in [1.807, 2.05) is 26.0 Å². The predicted octanol–water partition coefficient (Wildman–Crippen LogP) is 2.13. The van der Waals surface area contributed by atoms with Crippen LogP contribution in [0.3, 0.4) is 0 Å². The Labute approximate surface area is 136 Å². The summed E-state index contributed by atoms with van der Waals surface area (Å²) in [5, 5.41) is 9.87. The summed E-state index contributed by atoms with van der Waals surface area (Å²) in [5.41, 5.74) is 1.44. The molecule has 0 spiro atoms. The van der Waals surface area contributed by atoms with Gasteiger partial charge >= 0.3 is 0 Å². The topological polar surface area (TPSA) is 86.9 Å². The summed E-state index contributed by atoms with van der Waals surface area (Å²) in [6.07, 6.45) is 0. The molecule has 0 bridgehead atoms. The van der Waals surface area contributed by atoms with Crippen LogP contribution >= 0.6 is 27.3 Å². The number of hydrogen-bond donors (Lipinski definition) is 3. The third-order valence-electron chi connectivity index (χ3n) is 2.91. The molecule has 0 aliphatic carbocycles. The molecule has 3 N–H and O–H groups in total. The van der Waals surface area contributed by atoms with Crippen molar-refractivity contribution < 1.29 is 8.42 Å². The van der Waals surface area contributed by atoms with Gasteiger partial charge in [0.2, 0.25) is 0 Å². The van der Waals surface area contributed by atoms with Crippen LogP contribution in [-0.2, 0) is 23.1 Å². The number of nitrogens with one attached hydrogen (secondary N) is 3. The van der Waals surface area contributed by atoms with Crippen LogP contribution in [0.2, 0.25) is 0 Å². The molecule has 0 unspecified atom stereocenters. The van der Waals surface area contributed by atoms with Gasteiger partial charge in [-0.2, -0.15) is 5.10 Å². The second kappa shape index (κ2) is 7.01. The maximum atomic E-state index is 12.4. The van der Waals surface area contributed by atoms with Crippen LogP contribution in [0.15, 0.2) is 20.9 Å². The molecule has 0 fully saturated rings. The van der Waals surface area contributed by atoms with Crippen molar-refractivity contribution in [1.29, 1.82) is 0 Å². The molecule has 0 saturated heterocycles. The van der Waals surface area contributed by atoms with E-state index in [0.717, 1.165) is 20.9 Å². The highest BCUT2D eigenvalue weighted by Crippen LogP contribution is 2.22. The average Bonchev–Trinajstić information content (AvgIpc) is 3.01. The molecule has 9 heteroatoms. The Kier molecular flexibility index (Phi) is 5.55. The van der Waals surface area contributed by atoms with Gasteiger partial charge in [0.15, 0.2) is 5.03 Å². The van der Waals surface area contributed by atoms with Crippen molar-refractivity contribution in [1.82, 2.24) is 20.2 Å². The lowest BCUT2D eigenvalue weighted by Gasteiger charge is -2.06. The van der Waals surface area contributed by atoms with E-state index in [-0.39, 0.29) is 11.6 Å². The van der Waals surface area contributed by atoms with Gasteiger partial charge in [-0.25, -0.2) is 13.1 Å². The number of thiophene rings is 1. The molecule has 2 rings (SSSR count). The predicted molar refractivity (Wildman–Crippen MR) is 86.7 cm³/mol. The molecule has 0 amide bonds. The highest BCUT2D eigenvalue weighted by Gasteiger charge is 2.23. The van der Waals surface area contributed by atoms with Crippen molar-refractivity contribution in [3.63, 3.8) is 0 Å². The number of rotatable bonds is 7. The van der Waals surface area contributed by atoms with E-state index in [0.29, 0.717) is 12.1 Å². The zero-order chi connectivity index (χ0) is 15.5. The first-order chi connectivity index (χ1) is 9.94. The number of hydrogen-bond acceptors (Lipinski definition) is 5. The lowest BCUT2D eigenvalue weighted by Crippen LogP contribution is -2.25. The number of sulfonamides is 1. The van der Waals surface area contributed by atoms with E-state index in [4.69, 9.17) is 0 Å². The minimum atomic E-state index is -3.63. The van der Waals surface area contributed by atoms with E-state index in [1.165, 1.54) is 11.3 Å². The van der Waals surface area contributed by atoms with Gasteiger partial charge < -0.3 is 5.32 Å². The first-order valence-corrected chi connectivity index (χ1v) is 9.51. The van der Waals surface area contributed by atoms with Crippen molar-refractivity contribution in [3.05, 3.63) is 32.1 Å². The number of aryl methyl sites for hydroxylation is 1. The van der Waals surface area contributed by atoms with Crippen LogP contribution in [0, 0.1) is 6.92 Å². The number of nitrogens with zero attached hydrogens (tertiary/aromatic N) is 1. The fourth-order valence-electron chi connectivity index (χ4n) is 1.79. The molecule has 0 radical (unpaired) electrons. The lowest BCUT2D eigenvalue weighted by molar-refractivity contribution is 0.574. The fourth-order valence-corrected chi connectivity index (χ4v) is 4.50. The molecule has 2 aromatic rings. The molecule has 116 valence electrons. The summed E-state index contributed by atoms with van der Waals surface area (Å²) >= 11 is 4.85. The van der Waals surface area contributed by atoms with E-state index in [2.05, 4.69) is 36.2 Å². The molecular weight excluding hydrogens is 376 g/mol. The van der Waals surface area contributed by atoms with E-state index in [1.54, 1.807) is 0 Å². The van der Waals surface area contributed by atoms with Crippen LogP contribution in [-0.4, -0.2) is 25.2 Å². The molecule has 0 saturated carbocycles. The van der Waals surface area contributed by atoms with Gasteiger partial charge in [0, 0.05) is 29.2 Å². The molecular formula is C12H17BrN4O2S2. The smallest absolute Gasteiger partial charge is 0.260 e. The van der Waals surface area contributed by atoms with E-state index >= 15 is 0 Å². The Hall–Kier alpha value is -0.740. The summed E-state index contributed by atoms with van der Waals surface area (Å²) in [5.74, 6) is 0. The lowest BCUT2D eigenvalue weighted by atomic mass is 10.2. The van der Waals surface area contributed by atoms with Crippen molar-refractivity contribution in [2.24, 2.45) is 0 Å². The van der Waals surface area contributed by atoms with Crippen molar-refractivity contribution >= 4 is 37.3 Å². The Bertz CT molecular complexity index is 709. The first kappa shape index (κ1) is 16.6. The second-order valence-corrected chi connectivity index (χ2v) is 8.67. The maximum Gasteiger partial charge on any atom is 0.260 e. The summed E-state index contributed by atoms with van der Waals surface area (Å²) in [6.45, 7) is 5.27. The van der Waals surface area contributed by atoms with Crippen LogP contribution in [0.1, 0.15) is 23.1 Å². The van der Waals surface area contributed by atoms with Gasteiger partial charge in [0.05, 0.1) is 3.79 Å². The fraction of sp³-hybridized carbons (Fsp3) is 0.417. The third-order valence-corrected chi connectivity index (χ3v) is 5.90. The molecule has 0 aliphatic heterocycles. The van der Waals surface area contributed by atoms with Gasteiger partial charge in [-0.1, -0.05) is 6.92 Å². The van der Waals surface area contributed by atoms with Gasteiger partial charge in [0.25, 0.3) is 10.0 Å². The number of aromatic nitrogens is 2. The summed E-state index contributed by atoms with van der Waals surface area (Å²) in [7, 11) is -3.63. The third kappa shape index (κ3) is 4.13. The second-order valence-electron chi connectivity index (χ2n) is 4.44. The quantitative estimate of drug-likeness (QED) is 0.673. The van der Waals surface area contributed by atoms with E-state index < -0.39 is 10.0 Å². The zero-order valence-electron chi connectivity index (χ0n) is 11.7. The molecule has 6 nitrogen and oxygen atoms in total. The van der Waals surface area contributed by atoms with Crippen LogP contribution in [0.5, 0.6) is 0 Å². The standard InChI is InChI=1S/C12H17BrN4O2S2/c1-3-14-7-10-8(2)16-17-12(10)21(18,19)15-6-9-4-5-11(13)20-9/h4-5,14-15H,3,6-7H2,1-2H3,(H,16,17). The Morgan fingerprint density at radius 1 is 1.38 bits per heavy atom. The monoisotopic (exact) mass is 392 g/mol. The van der Waals surface area contributed by atoms with Gasteiger partial charge in [-0.05, 0) is 41.5 Å². The first-order valence-electron chi connectivity index (χ1n) is 6.42. The van der Waals surface area contributed by atoms with Gasteiger partial charge in [-0.15, -0.1) is 11.3 Å². The average molecular weight is 393 g/mol. The molecule has 2 aromatic heterocycles. The molecule has 21 heavy (non-hydrogen) atoms. The molecule has 2 heterocycles.